The quantitative estimate of drug-likeness (QED) is 0.932. The number of nitrogens with zero attached hydrogens (tertiary/aromatic N) is 1. The lowest BCUT2D eigenvalue weighted by Gasteiger charge is -2.02. The number of thiazole rings is 1. The van der Waals surface area contributed by atoms with Crippen LogP contribution in [-0.4, -0.2) is 4.98 Å². The Balaban J connectivity index is 1.81. The van der Waals surface area contributed by atoms with Gasteiger partial charge in [0.1, 0.15) is 0 Å². The Hall–Kier alpha value is -0.710. The second-order valence-corrected chi connectivity index (χ2v) is 4.84. The van der Waals surface area contributed by atoms with Gasteiger partial charge < -0.3 is 5.32 Å². The molecule has 0 aliphatic carbocycles. The van der Waals surface area contributed by atoms with Crippen LogP contribution in [0.1, 0.15) is 11.3 Å². The van der Waals surface area contributed by atoms with E-state index >= 15 is 0 Å². The summed E-state index contributed by atoms with van der Waals surface area (Å²) in [5.41, 5.74) is 4.25. The molecule has 2 nitrogen and oxygen atoms in total. The van der Waals surface area contributed by atoms with E-state index in [-0.39, 0.29) is 0 Å². The number of hydrogen-bond donors (Lipinski definition) is 1. The molecule has 0 atom stereocenters. The number of nitrogens with one attached hydrogen (secondary N) is 1. The van der Waals surface area contributed by atoms with Crippen molar-refractivity contribution in [3.63, 3.8) is 0 Å². The summed E-state index contributed by atoms with van der Waals surface area (Å²) in [4.78, 5) is 4.21. The lowest BCUT2D eigenvalue weighted by atomic mass is 10.2. The first-order valence-electron chi connectivity index (χ1n) is 4.67. The average molecular weight is 283 g/mol. The summed E-state index contributed by atoms with van der Waals surface area (Å²) in [6.45, 7) is 1.71. The van der Waals surface area contributed by atoms with Crippen LogP contribution in [0, 0.1) is 0 Å². The average Bonchev–Trinajstić information content (AvgIpc) is 2.74. The molecule has 0 radical (unpaired) electrons. The molecule has 0 unspecified atom stereocenters. The molecule has 0 amide bonds. The van der Waals surface area contributed by atoms with Crippen LogP contribution in [0.3, 0.4) is 0 Å². The van der Waals surface area contributed by atoms with E-state index in [2.05, 4.69) is 55.9 Å². The molecule has 15 heavy (non-hydrogen) atoms. The molecule has 0 aliphatic rings. The fourth-order valence-electron chi connectivity index (χ4n) is 1.26. The van der Waals surface area contributed by atoms with Crippen molar-refractivity contribution < 1.29 is 0 Å². The topological polar surface area (TPSA) is 24.9 Å². The smallest absolute Gasteiger partial charge is 0.0795 e. The fourth-order valence-corrected chi connectivity index (χ4v) is 2.08. The van der Waals surface area contributed by atoms with Gasteiger partial charge in [-0.3, -0.25) is 0 Å². The number of rotatable bonds is 4. The van der Waals surface area contributed by atoms with Gasteiger partial charge in [0.15, 0.2) is 0 Å². The second-order valence-electron chi connectivity index (χ2n) is 3.21. The standard InChI is InChI=1S/C11H11BrN2S/c12-10-3-1-9(2-4-10)5-13-6-11-7-15-8-14-11/h1-4,7-8,13H,5-6H2. The second kappa shape index (κ2) is 5.39. The van der Waals surface area contributed by atoms with Crippen LogP contribution in [0.2, 0.25) is 0 Å². The minimum atomic E-state index is 0.833. The Kier molecular flexibility index (Phi) is 3.88. The molecule has 0 saturated heterocycles. The van der Waals surface area contributed by atoms with E-state index in [9.17, 15) is 0 Å². The SMILES string of the molecule is Brc1ccc(CNCc2cscn2)cc1. The largest absolute Gasteiger partial charge is 0.307 e. The molecule has 1 aromatic carbocycles. The van der Waals surface area contributed by atoms with Gasteiger partial charge in [-0.15, -0.1) is 11.3 Å². The number of aromatic nitrogens is 1. The van der Waals surface area contributed by atoms with Gasteiger partial charge in [0.05, 0.1) is 11.2 Å². The van der Waals surface area contributed by atoms with Crippen LogP contribution in [0.15, 0.2) is 39.6 Å². The lowest BCUT2D eigenvalue weighted by Crippen LogP contribution is -2.12. The van der Waals surface area contributed by atoms with Crippen molar-refractivity contribution in [3.8, 4) is 0 Å². The van der Waals surface area contributed by atoms with E-state index in [4.69, 9.17) is 0 Å². The minimum absolute atomic E-state index is 0.833. The zero-order chi connectivity index (χ0) is 10.5. The Morgan fingerprint density at radius 1 is 1.20 bits per heavy atom. The Morgan fingerprint density at radius 2 is 2.00 bits per heavy atom. The van der Waals surface area contributed by atoms with Gasteiger partial charge in [-0.05, 0) is 17.7 Å². The molecule has 0 saturated carbocycles. The highest BCUT2D eigenvalue weighted by atomic mass is 79.9. The molecular weight excluding hydrogens is 272 g/mol. The predicted molar refractivity (Wildman–Crippen MR) is 66.8 cm³/mol. The molecular formula is C11H11BrN2S. The van der Waals surface area contributed by atoms with Crippen molar-refractivity contribution in [2.45, 2.75) is 13.1 Å². The summed E-state index contributed by atoms with van der Waals surface area (Å²) in [6.07, 6.45) is 0. The minimum Gasteiger partial charge on any atom is -0.307 e. The third-order valence-electron chi connectivity index (χ3n) is 2.03. The van der Waals surface area contributed by atoms with Gasteiger partial charge in [0, 0.05) is 22.9 Å². The normalized spacial score (nSPS) is 10.5. The Labute approximate surface area is 101 Å². The summed E-state index contributed by atoms with van der Waals surface area (Å²) in [6, 6.07) is 8.33. The van der Waals surface area contributed by atoms with Crippen LogP contribution in [0.5, 0.6) is 0 Å². The summed E-state index contributed by atoms with van der Waals surface area (Å²) in [7, 11) is 0. The van der Waals surface area contributed by atoms with E-state index < -0.39 is 0 Å². The van der Waals surface area contributed by atoms with Crippen molar-refractivity contribution in [1.82, 2.24) is 10.3 Å². The van der Waals surface area contributed by atoms with Crippen molar-refractivity contribution in [3.05, 3.63) is 50.9 Å². The van der Waals surface area contributed by atoms with Crippen molar-refractivity contribution in [2.75, 3.05) is 0 Å². The molecule has 0 fully saturated rings. The van der Waals surface area contributed by atoms with Gasteiger partial charge in [0.25, 0.3) is 0 Å². The number of benzene rings is 1. The van der Waals surface area contributed by atoms with Crippen molar-refractivity contribution in [1.29, 1.82) is 0 Å². The highest BCUT2D eigenvalue weighted by Gasteiger charge is 1.95. The van der Waals surface area contributed by atoms with Gasteiger partial charge in [-0.25, -0.2) is 4.98 Å². The summed E-state index contributed by atoms with van der Waals surface area (Å²) in [5, 5.41) is 5.42. The predicted octanol–water partition coefficient (Wildman–Crippen LogP) is 3.20. The first-order valence-corrected chi connectivity index (χ1v) is 6.40. The van der Waals surface area contributed by atoms with Gasteiger partial charge in [0.2, 0.25) is 0 Å². The number of halogens is 1. The molecule has 1 heterocycles. The van der Waals surface area contributed by atoms with Crippen LogP contribution in [-0.2, 0) is 13.1 Å². The van der Waals surface area contributed by atoms with Gasteiger partial charge >= 0.3 is 0 Å². The van der Waals surface area contributed by atoms with E-state index in [1.54, 1.807) is 11.3 Å². The van der Waals surface area contributed by atoms with E-state index in [0.717, 1.165) is 23.3 Å². The van der Waals surface area contributed by atoms with Crippen LogP contribution < -0.4 is 5.32 Å². The highest BCUT2D eigenvalue weighted by molar-refractivity contribution is 9.10. The monoisotopic (exact) mass is 282 g/mol. The maximum atomic E-state index is 4.21. The molecule has 1 aromatic heterocycles. The molecule has 4 heteroatoms. The maximum Gasteiger partial charge on any atom is 0.0795 e. The molecule has 0 bridgehead atoms. The first-order chi connectivity index (χ1) is 7.34. The lowest BCUT2D eigenvalue weighted by molar-refractivity contribution is 0.682. The third-order valence-corrected chi connectivity index (χ3v) is 3.20. The molecule has 0 spiro atoms. The molecule has 2 rings (SSSR count). The van der Waals surface area contributed by atoms with E-state index in [1.807, 2.05) is 5.51 Å². The third kappa shape index (κ3) is 3.41. The molecule has 0 aliphatic heterocycles. The summed E-state index contributed by atoms with van der Waals surface area (Å²) >= 11 is 5.05. The number of hydrogen-bond acceptors (Lipinski definition) is 3. The Morgan fingerprint density at radius 3 is 2.67 bits per heavy atom. The summed E-state index contributed by atoms with van der Waals surface area (Å²) in [5.74, 6) is 0. The zero-order valence-electron chi connectivity index (χ0n) is 8.11. The van der Waals surface area contributed by atoms with E-state index in [0.29, 0.717) is 0 Å². The van der Waals surface area contributed by atoms with E-state index in [1.165, 1.54) is 5.56 Å². The Bertz CT molecular complexity index is 397. The van der Waals surface area contributed by atoms with Crippen LogP contribution >= 0.6 is 27.3 Å². The molecule has 78 valence electrons. The highest BCUT2D eigenvalue weighted by Crippen LogP contribution is 2.10. The van der Waals surface area contributed by atoms with Crippen LogP contribution in [0.4, 0.5) is 0 Å². The zero-order valence-corrected chi connectivity index (χ0v) is 10.5. The van der Waals surface area contributed by atoms with Gasteiger partial charge in [-0.2, -0.15) is 0 Å². The molecule has 1 N–H and O–H groups in total. The maximum absolute atomic E-state index is 4.21. The van der Waals surface area contributed by atoms with Crippen molar-refractivity contribution >= 4 is 27.3 Å². The van der Waals surface area contributed by atoms with Gasteiger partial charge in [-0.1, -0.05) is 28.1 Å². The fraction of sp³-hybridized carbons (Fsp3) is 0.182. The van der Waals surface area contributed by atoms with Crippen molar-refractivity contribution in [2.24, 2.45) is 0 Å². The first kappa shape index (κ1) is 10.8. The summed E-state index contributed by atoms with van der Waals surface area (Å²) < 4.78 is 1.12. The van der Waals surface area contributed by atoms with Crippen LogP contribution in [0.25, 0.3) is 0 Å². The molecule has 2 aromatic rings.